The van der Waals surface area contributed by atoms with Crippen LogP contribution in [0.1, 0.15) is 181 Å². The van der Waals surface area contributed by atoms with Crippen molar-refractivity contribution in [2.45, 2.75) is 187 Å². The second kappa shape index (κ2) is 33.9. The van der Waals surface area contributed by atoms with Crippen molar-refractivity contribution < 1.29 is 5.11 Å². The average Bonchev–Trinajstić information content (AvgIpc) is 2.92. The fourth-order valence-corrected chi connectivity index (χ4v) is 4.88. The first kappa shape index (κ1) is 36.9. The molecule has 0 fully saturated rings. The summed E-state index contributed by atoms with van der Waals surface area (Å²) in [6.45, 7) is 4.52. The van der Waals surface area contributed by atoms with E-state index in [4.69, 9.17) is 0 Å². The van der Waals surface area contributed by atoms with E-state index in [0.29, 0.717) is 0 Å². The smallest absolute Gasteiger partial charge is 0.0540 e. The van der Waals surface area contributed by atoms with E-state index in [-0.39, 0.29) is 6.10 Å². The van der Waals surface area contributed by atoms with Gasteiger partial charge in [0.15, 0.2) is 0 Å². The largest absolute Gasteiger partial charge is 0.393 e. The van der Waals surface area contributed by atoms with Crippen LogP contribution in [0.25, 0.3) is 0 Å². The van der Waals surface area contributed by atoms with Crippen LogP contribution in [-0.2, 0) is 0 Å². The molecule has 0 aromatic heterocycles. The molecule has 0 saturated carbocycles. The molecule has 0 spiro atoms. The van der Waals surface area contributed by atoms with Gasteiger partial charge in [0.05, 0.1) is 6.10 Å². The van der Waals surface area contributed by atoms with Gasteiger partial charge in [-0.15, -0.1) is 0 Å². The van der Waals surface area contributed by atoms with E-state index in [1.54, 1.807) is 0 Å². The Morgan fingerprint density at radius 3 is 1.00 bits per heavy atom. The minimum absolute atomic E-state index is 0.0633. The first-order valence-electron chi connectivity index (χ1n) is 17.1. The Morgan fingerprint density at radius 1 is 0.368 bits per heavy atom. The van der Waals surface area contributed by atoms with Gasteiger partial charge in [-0.1, -0.05) is 152 Å². The molecule has 1 nitrogen and oxygen atoms in total. The van der Waals surface area contributed by atoms with Gasteiger partial charge in [-0.2, -0.15) is 0 Å². The maximum Gasteiger partial charge on any atom is 0.0540 e. The van der Waals surface area contributed by atoms with Gasteiger partial charge in [-0.3, -0.25) is 0 Å². The zero-order chi connectivity index (χ0) is 27.6. The summed E-state index contributed by atoms with van der Waals surface area (Å²) >= 11 is 0. The lowest BCUT2D eigenvalue weighted by Gasteiger charge is -2.10. The summed E-state index contributed by atoms with van der Waals surface area (Å²) in [5.74, 6) is 0. The van der Waals surface area contributed by atoms with Crippen LogP contribution in [0, 0.1) is 0 Å². The van der Waals surface area contributed by atoms with Crippen LogP contribution < -0.4 is 0 Å². The van der Waals surface area contributed by atoms with Gasteiger partial charge in [0.25, 0.3) is 0 Å². The lowest BCUT2D eigenvalue weighted by atomic mass is 10.0. The summed E-state index contributed by atoms with van der Waals surface area (Å²) in [4.78, 5) is 0. The molecule has 1 N–H and O–H groups in total. The molecule has 1 atom stereocenters. The fourth-order valence-electron chi connectivity index (χ4n) is 4.88. The predicted octanol–water partition coefficient (Wildman–Crippen LogP) is 12.8. The predicted molar refractivity (Wildman–Crippen MR) is 174 cm³/mol. The summed E-state index contributed by atoms with van der Waals surface area (Å²) in [6.07, 6.45) is 51.6. The first-order chi connectivity index (χ1) is 18.8. The highest BCUT2D eigenvalue weighted by atomic mass is 16.3. The van der Waals surface area contributed by atoms with Crippen LogP contribution in [0.5, 0.6) is 0 Å². The average molecular weight is 529 g/mol. The molecule has 0 aromatic rings. The van der Waals surface area contributed by atoms with E-state index in [1.807, 2.05) is 0 Å². The Bertz CT molecular complexity index is 493. The Balaban J connectivity index is 3.29. The second-order valence-electron chi connectivity index (χ2n) is 11.4. The van der Waals surface area contributed by atoms with Crippen LogP contribution >= 0.6 is 0 Å². The highest BCUT2D eigenvalue weighted by molar-refractivity contribution is 4.93. The molecule has 1 heteroatoms. The summed E-state index contributed by atoms with van der Waals surface area (Å²) in [5.41, 5.74) is 0. The van der Waals surface area contributed by atoms with Gasteiger partial charge >= 0.3 is 0 Å². The standard InChI is InChI=1S/C37H68O/c1-3-5-7-9-11-13-15-17-19-21-23-25-27-29-31-33-35-37(38)36-34-32-30-28-26-24-22-20-18-16-14-12-10-8-6-4-2/h11-14,17-20,37-38H,3-10,15-16,21-36H2,1-2H3/b13-11-,14-12?,19-17-,20-18-. The number of unbranched alkanes of at least 4 members (excludes halogenated alkanes) is 18. The van der Waals surface area contributed by atoms with Crippen molar-refractivity contribution in [3.8, 4) is 0 Å². The number of rotatable bonds is 30. The fraction of sp³-hybridized carbons (Fsp3) is 0.784. The third kappa shape index (κ3) is 32.9. The zero-order valence-corrected chi connectivity index (χ0v) is 26.0. The van der Waals surface area contributed by atoms with Crippen LogP contribution in [0.2, 0.25) is 0 Å². The second-order valence-corrected chi connectivity index (χ2v) is 11.4. The summed E-state index contributed by atoms with van der Waals surface area (Å²) < 4.78 is 0. The van der Waals surface area contributed by atoms with Crippen molar-refractivity contribution in [1.82, 2.24) is 0 Å². The molecule has 222 valence electrons. The van der Waals surface area contributed by atoms with E-state index >= 15 is 0 Å². The molecule has 0 radical (unpaired) electrons. The molecule has 1 unspecified atom stereocenters. The van der Waals surface area contributed by atoms with Crippen LogP contribution in [0.15, 0.2) is 48.6 Å². The van der Waals surface area contributed by atoms with E-state index < -0.39 is 0 Å². The van der Waals surface area contributed by atoms with E-state index in [0.717, 1.165) is 25.7 Å². The Hall–Kier alpha value is -1.08. The molecular formula is C37H68O. The van der Waals surface area contributed by atoms with Crippen molar-refractivity contribution in [3.63, 3.8) is 0 Å². The van der Waals surface area contributed by atoms with Crippen LogP contribution in [-0.4, -0.2) is 11.2 Å². The van der Waals surface area contributed by atoms with Crippen LogP contribution in [0.3, 0.4) is 0 Å². The molecule has 0 aliphatic carbocycles. The SMILES string of the molecule is CCCCCC=CC/C=C\CCCCCCCCC(O)CCCCCCCC/C=C\C/C=C\CCCCC. The van der Waals surface area contributed by atoms with Gasteiger partial charge in [-0.25, -0.2) is 0 Å². The normalized spacial score (nSPS) is 13.2. The highest BCUT2D eigenvalue weighted by Crippen LogP contribution is 2.15. The van der Waals surface area contributed by atoms with Crippen molar-refractivity contribution in [2.24, 2.45) is 0 Å². The number of aliphatic hydroxyl groups excluding tert-OH is 1. The molecule has 0 rings (SSSR count). The van der Waals surface area contributed by atoms with E-state index in [1.165, 1.54) is 141 Å². The van der Waals surface area contributed by atoms with E-state index in [9.17, 15) is 5.11 Å². The Morgan fingerprint density at radius 2 is 0.658 bits per heavy atom. The van der Waals surface area contributed by atoms with Crippen molar-refractivity contribution in [2.75, 3.05) is 0 Å². The molecule has 0 heterocycles. The van der Waals surface area contributed by atoms with Crippen molar-refractivity contribution in [3.05, 3.63) is 48.6 Å². The minimum atomic E-state index is -0.0633. The molecule has 38 heavy (non-hydrogen) atoms. The van der Waals surface area contributed by atoms with Gasteiger partial charge in [0.1, 0.15) is 0 Å². The monoisotopic (exact) mass is 529 g/mol. The molecular weight excluding hydrogens is 460 g/mol. The molecule has 0 bridgehead atoms. The zero-order valence-electron chi connectivity index (χ0n) is 26.0. The van der Waals surface area contributed by atoms with Crippen molar-refractivity contribution >= 4 is 0 Å². The Kier molecular flexibility index (Phi) is 33.0. The molecule has 0 aromatic carbocycles. The number of allylic oxidation sites excluding steroid dienone is 8. The first-order valence-corrected chi connectivity index (χ1v) is 17.1. The lowest BCUT2D eigenvalue weighted by molar-refractivity contribution is 0.147. The summed E-state index contributed by atoms with van der Waals surface area (Å²) in [5, 5.41) is 10.3. The molecule has 0 amide bonds. The molecule has 0 saturated heterocycles. The van der Waals surface area contributed by atoms with Gasteiger partial charge in [0.2, 0.25) is 0 Å². The number of aliphatic hydroxyl groups is 1. The third-order valence-corrected chi connectivity index (χ3v) is 7.48. The summed E-state index contributed by atoms with van der Waals surface area (Å²) in [7, 11) is 0. The maximum atomic E-state index is 10.3. The maximum absolute atomic E-state index is 10.3. The Labute approximate surface area is 240 Å². The lowest BCUT2D eigenvalue weighted by Crippen LogP contribution is -2.05. The highest BCUT2D eigenvalue weighted by Gasteiger charge is 2.03. The summed E-state index contributed by atoms with van der Waals surface area (Å²) in [6, 6.07) is 0. The quantitative estimate of drug-likeness (QED) is 0.0726. The van der Waals surface area contributed by atoms with Crippen molar-refractivity contribution in [1.29, 1.82) is 0 Å². The van der Waals surface area contributed by atoms with E-state index in [2.05, 4.69) is 62.5 Å². The van der Waals surface area contributed by atoms with Crippen LogP contribution in [0.4, 0.5) is 0 Å². The van der Waals surface area contributed by atoms with Gasteiger partial charge < -0.3 is 5.11 Å². The molecule has 0 aliphatic heterocycles. The number of hydrogen-bond donors (Lipinski definition) is 1. The van der Waals surface area contributed by atoms with Gasteiger partial charge in [-0.05, 0) is 77.0 Å². The third-order valence-electron chi connectivity index (χ3n) is 7.48. The number of hydrogen-bond acceptors (Lipinski definition) is 1. The molecule has 0 aliphatic rings. The topological polar surface area (TPSA) is 20.2 Å². The minimum Gasteiger partial charge on any atom is -0.393 e. The van der Waals surface area contributed by atoms with Gasteiger partial charge in [0, 0.05) is 0 Å².